The maximum atomic E-state index is 12.4. The molecule has 0 bridgehead atoms. The Morgan fingerprint density at radius 1 is 1.26 bits per heavy atom. The molecule has 2 amide bonds. The molecule has 3 rings (SSSR count). The fourth-order valence-corrected chi connectivity index (χ4v) is 4.64. The van der Waals surface area contributed by atoms with Crippen LogP contribution in [0.25, 0.3) is 6.08 Å². The molecule has 0 atom stereocenters. The lowest BCUT2D eigenvalue weighted by molar-refractivity contribution is -0.121. The van der Waals surface area contributed by atoms with E-state index in [4.69, 9.17) is 17.0 Å². The number of nitrogens with one attached hydrogen (secondary N) is 1. The topological polar surface area (TPSA) is 58.6 Å². The lowest BCUT2D eigenvalue weighted by Gasteiger charge is -2.11. The van der Waals surface area contributed by atoms with Crippen LogP contribution in [0.3, 0.4) is 0 Å². The van der Waals surface area contributed by atoms with E-state index in [1.54, 1.807) is 24.3 Å². The number of carbonyl (C=O) groups is 2. The molecule has 1 saturated heterocycles. The average molecular weight is 517 g/mol. The van der Waals surface area contributed by atoms with Gasteiger partial charge in [0.15, 0.2) is 6.61 Å². The normalized spacial score (nSPS) is 14.8. The second kappa shape index (κ2) is 10.3. The number of nitrogens with zero attached hydrogens (tertiary/aromatic N) is 1. The molecule has 31 heavy (non-hydrogen) atoms. The number of anilines is 1. The average Bonchev–Trinajstić information content (AvgIpc) is 2.99. The SMILES string of the molecule is C=CCN1C(=O)/C(=C/c2ccc(OCC(=O)Nc3cc(C)c(C)cc3Br)cc2)SC1=S. The van der Waals surface area contributed by atoms with Gasteiger partial charge in [0.2, 0.25) is 0 Å². The van der Waals surface area contributed by atoms with E-state index < -0.39 is 0 Å². The lowest BCUT2D eigenvalue weighted by atomic mass is 10.1. The van der Waals surface area contributed by atoms with Crippen molar-refractivity contribution in [3.63, 3.8) is 0 Å². The van der Waals surface area contributed by atoms with E-state index in [0.29, 0.717) is 27.2 Å². The summed E-state index contributed by atoms with van der Waals surface area (Å²) in [5, 5.41) is 2.85. The molecule has 1 heterocycles. The fraction of sp³-hybridized carbons (Fsp3) is 0.174. The minimum atomic E-state index is -0.251. The molecule has 0 radical (unpaired) electrons. The van der Waals surface area contributed by atoms with Crippen LogP contribution in [0.2, 0.25) is 0 Å². The maximum Gasteiger partial charge on any atom is 0.266 e. The zero-order chi connectivity index (χ0) is 22.5. The zero-order valence-corrected chi connectivity index (χ0v) is 20.3. The highest BCUT2D eigenvalue weighted by atomic mass is 79.9. The molecule has 0 spiro atoms. The van der Waals surface area contributed by atoms with E-state index in [0.717, 1.165) is 21.2 Å². The van der Waals surface area contributed by atoms with E-state index >= 15 is 0 Å². The summed E-state index contributed by atoms with van der Waals surface area (Å²) in [4.78, 5) is 26.7. The van der Waals surface area contributed by atoms with Crippen LogP contribution < -0.4 is 10.1 Å². The summed E-state index contributed by atoms with van der Waals surface area (Å²) in [5.74, 6) is 0.189. The van der Waals surface area contributed by atoms with Crippen molar-refractivity contribution >= 4 is 67.8 Å². The van der Waals surface area contributed by atoms with Gasteiger partial charge in [-0.1, -0.05) is 42.2 Å². The van der Waals surface area contributed by atoms with Crippen molar-refractivity contribution in [3.05, 3.63) is 75.1 Å². The molecule has 8 heteroatoms. The number of halogens is 1. The zero-order valence-electron chi connectivity index (χ0n) is 17.1. The summed E-state index contributed by atoms with van der Waals surface area (Å²) in [6.45, 7) is 7.94. The van der Waals surface area contributed by atoms with Gasteiger partial charge in [0, 0.05) is 11.0 Å². The lowest BCUT2D eigenvalue weighted by Crippen LogP contribution is -2.27. The second-order valence-corrected chi connectivity index (χ2v) is 9.43. The minimum Gasteiger partial charge on any atom is -0.484 e. The molecule has 0 saturated carbocycles. The highest BCUT2D eigenvalue weighted by Crippen LogP contribution is 2.32. The highest BCUT2D eigenvalue weighted by Gasteiger charge is 2.30. The van der Waals surface area contributed by atoms with Crippen LogP contribution in [0.5, 0.6) is 5.75 Å². The number of thiocarbonyl (C=S) groups is 1. The first-order chi connectivity index (χ1) is 14.8. The highest BCUT2D eigenvalue weighted by molar-refractivity contribution is 9.10. The molecule has 160 valence electrons. The number of thioether (sulfide) groups is 1. The number of benzene rings is 2. The first-order valence-electron chi connectivity index (χ1n) is 9.44. The third kappa shape index (κ3) is 5.84. The Morgan fingerprint density at radius 2 is 1.94 bits per heavy atom. The molecule has 1 aliphatic rings. The van der Waals surface area contributed by atoms with E-state index in [1.165, 1.54) is 16.7 Å². The predicted molar refractivity (Wildman–Crippen MR) is 134 cm³/mol. The van der Waals surface area contributed by atoms with Crippen molar-refractivity contribution in [1.82, 2.24) is 4.90 Å². The van der Waals surface area contributed by atoms with Gasteiger partial charge < -0.3 is 10.1 Å². The Bertz CT molecular complexity index is 1080. The minimum absolute atomic E-state index is 0.112. The van der Waals surface area contributed by atoms with Crippen molar-refractivity contribution in [2.45, 2.75) is 13.8 Å². The Balaban J connectivity index is 1.58. The molecule has 2 aromatic carbocycles. The van der Waals surface area contributed by atoms with E-state index in [9.17, 15) is 9.59 Å². The van der Waals surface area contributed by atoms with Crippen LogP contribution in [0.1, 0.15) is 16.7 Å². The van der Waals surface area contributed by atoms with E-state index in [2.05, 4.69) is 27.8 Å². The van der Waals surface area contributed by atoms with Gasteiger partial charge in [0.1, 0.15) is 10.1 Å². The van der Waals surface area contributed by atoms with Crippen molar-refractivity contribution in [3.8, 4) is 5.75 Å². The van der Waals surface area contributed by atoms with Crippen LogP contribution in [0.4, 0.5) is 5.69 Å². The number of carbonyl (C=O) groups excluding carboxylic acids is 2. The predicted octanol–water partition coefficient (Wildman–Crippen LogP) is 5.47. The van der Waals surface area contributed by atoms with E-state index in [-0.39, 0.29) is 18.4 Å². The first kappa shape index (κ1) is 23.2. The third-order valence-electron chi connectivity index (χ3n) is 4.59. The van der Waals surface area contributed by atoms with Gasteiger partial charge in [0.05, 0.1) is 10.6 Å². The summed E-state index contributed by atoms with van der Waals surface area (Å²) in [7, 11) is 0. The number of hydrogen-bond acceptors (Lipinski definition) is 5. The number of aryl methyl sites for hydroxylation is 2. The molecule has 5 nitrogen and oxygen atoms in total. The van der Waals surface area contributed by atoms with Gasteiger partial charge >= 0.3 is 0 Å². The Kier molecular flexibility index (Phi) is 7.69. The summed E-state index contributed by atoms with van der Waals surface area (Å²) >= 11 is 9.98. The number of rotatable bonds is 7. The molecular formula is C23H21BrN2O3S2. The van der Waals surface area contributed by atoms with Crippen molar-refractivity contribution in [2.75, 3.05) is 18.5 Å². The first-order valence-corrected chi connectivity index (χ1v) is 11.5. The summed E-state index contributed by atoms with van der Waals surface area (Å²) in [6, 6.07) is 11.1. The van der Waals surface area contributed by atoms with Crippen LogP contribution in [0.15, 0.2) is 58.4 Å². The summed E-state index contributed by atoms with van der Waals surface area (Å²) in [6.07, 6.45) is 3.44. The van der Waals surface area contributed by atoms with Crippen molar-refractivity contribution in [2.24, 2.45) is 0 Å². The standard InChI is InChI=1S/C23H21BrN2O3S2/c1-4-9-26-22(28)20(31-23(26)30)12-16-5-7-17(8-6-16)29-13-21(27)25-19-11-15(3)14(2)10-18(19)24/h4-8,10-12H,1,9,13H2,2-3H3,(H,25,27)/b20-12-. The number of ether oxygens (including phenoxy) is 1. The third-order valence-corrected chi connectivity index (χ3v) is 6.62. The van der Waals surface area contributed by atoms with Crippen LogP contribution in [0, 0.1) is 13.8 Å². The molecule has 1 aliphatic heterocycles. The van der Waals surface area contributed by atoms with Gasteiger partial charge in [0.25, 0.3) is 11.8 Å². The van der Waals surface area contributed by atoms with E-state index in [1.807, 2.05) is 38.1 Å². The largest absolute Gasteiger partial charge is 0.484 e. The molecule has 1 fully saturated rings. The summed E-state index contributed by atoms with van der Waals surface area (Å²) < 4.78 is 6.94. The van der Waals surface area contributed by atoms with Gasteiger partial charge in [-0.05, 0) is 76.8 Å². The van der Waals surface area contributed by atoms with Crippen molar-refractivity contribution < 1.29 is 14.3 Å². The second-order valence-electron chi connectivity index (χ2n) is 6.90. The Hall–Kier alpha value is -2.42. The Labute approximate surface area is 199 Å². The monoisotopic (exact) mass is 516 g/mol. The molecule has 1 N–H and O–H groups in total. The van der Waals surface area contributed by atoms with Crippen LogP contribution >= 0.6 is 39.9 Å². The molecule has 2 aromatic rings. The maximum absolute atomic E-state index is 12.4. The Morgan fingerprint density at radius 3 is 2.61 bits per heavy atom. The van der Waals surface area contributed by atoms with Gasteiger partial charge in [-0.25, -0.2) is 0 Å². The van der Waals surface area contributed by atoms with Crippen LogP contribution in [-0.2, 0) is 9.59 Å². The fourth-order valence-electron chi connectivity index (χ4n) is 2.81. The molecular weight excluding hydrogens is 496 g/mol. The smallest absolute Gasteiger partial charge is 0.266 e. The molecule has 0 unspecified atom stereocenters. The van der Waals surface area contributed by atoms with Gasteiger partial charge in [-0.15, -0.1) is 6.58 Å². The van der Waals surface area contributed by atoms with Crippen LogP contribution in [-0.4, -0.2) is 34.2 Å². The van der Waals surface area contributed by atoms with Crippen molar-refractivity contribution in [1.29, 1.82) is 0 Å². The molecule has 0 aromatic heterocycles. The van der Waals surface area contributed by atoms with Gasteiger partial charge in [-0.3, -0.25) is 14.5 Å². The molecule has 0 aliphatic carbocycles. The van der Waals surface area contributed by atoms with Gasteiger partial charge in [-0.2, -0.15) is 0 Å². The quantitative estimate of drug-likeness (QED) is 0.300. The number of hydrogen-bond donors (Lipinski definition) is 1. The summed E-state index contributed by atoms with van der Waals surface area (Å²) in [5.41, 5.74) is 3.79. The number of amides is 2.